The maximum absolute atomic E-state index is 12.6. The van der Waals surface area contributed by atoms with Gasteiger partial charge in [0.2, 0.25) is 0 Å². The van der Waals surface area contributed by atoms with E-state index in [4.69, 9.17) is 14.0 Å². The van der Waals surface area contributed by atoms with Gasteiger partial charge in [0.1, 0.15) is 18.4 Å². The molecule has 0 saturated heterocycles. The summed E-state index contributed by atoms with van der Waals surface area (Å²) in [7, 11) is 4.32. The molecule has 2 aromatic rings. The zero-order chi connectivity index (χ0) is 20.1. The maximum atomic E-state index is 12.6. The maximum Gasteiger partial charge on any atom is 0.328 e. The minimum absolute atomic E-state index is 0.268. The van der Waals surface area contributed by atoms with Gasteiger partial charge in [-0.1, -0.05) is 5.16 Å². The first-order valence-corrected chi connectivity index (χ1v) is 8.37. The molecule has 1 aromatic carbocycles. The molecule has 8 heteroatoms. The van der Waals surface area contributed by atoms with Crippen molar-refractivity contribution in [3.63, 3.8) is 0 Å². The van der Waals surface area contributed by atoms with Gasteiger partial charge in [0.25, 0.3) is 5.91 Å². The van der Waals surface area contributed by atoms with Crippen LogP contribution < -0.4 is 9.47 Å². The Balaban J connectivity index is 2.17. The van der Waals surface area contributed by atoms with Crippen LogP contribution in [0.1, 0.15) is 34.3 Å². The number of amides is 1. The van der Waals surface area contributed by atoms with Gasteiger partial charge in [-0.15, -0.1) is 0 Å². The van der Waals surface area contributed by atoms with Crippen LogP contribution in [0.4, 0.5) is 0 Å². The molecule has 1 unspecified atom stereocenters. The fourth-order valence-corrected chi connectivity index (χ4v) is 2.49. The van der Waals surface area contributed by atoms with Gasteiger partial charge in [-0.25, -0.2) is 4.79 Å². The highest BCUT2D eigenvalue weighted by atomic mass is 16.5. The summed E-state index contributed by atoms with van der Waals surface area (Å²) in [4.78, 5) is 25.6. The van der Waals surface area contributed by atoms with Crippen LogP contribution in [0.5, 0.6) is 11.5 Å². The highest BCUT2D eigenvalue weighted by Crippen LogP contribution is 2.30. The number of aromatic nitrogens is 1. The van der Waals surface area contributed by atoms with Crippen LogP contribution in [-0.2, 0) is 16.1 Å². The number of methoxy groups -OCH3 is 2. The lowest BCUT2D eigenvalue weighted by Crippen LogP contribution is -2.40. The number of benzene rings is 1. The fraction of sp³-hybridized carbons (Fsp3) is 0.421. The summed E-state index contributed by atoms with van der Waals surface area (Å²) in [5.74, 6) is 0.766. The van der Waals surface area contributed by atoms with Gasteiger partial charge < -0.3 is 23.6 Å². The number of nitrogens with zero attached hydrogens (tertiary/aromatic N) is 2. The molecule has 1 heterocycles. The lowest BCUT2D eigenvalue weighted by molar-refractivity contribution is -0.144. The number of ether oxygens (including phenoxy) is 3. The van der Waals surface area contributed by atoms with E-state index in [0.29, 0.717) is 22.8 Å². The van der Waals surface area contributed by atoms with E-state index < -0.39 is 12.0 Å². The largest absolute Gasteiger partial charge is 0.493 e. The predicted octanol–water partition coefficient (Wildman–Crippen LogP) is 2.51. The first-order chi connectivity index (χ1) is 12.8. The Morgan fingerprint density at radius 1 is 1.22 bits per heavy atom. The summed E-state index contributed by atoms with van der Waals surface area (Å²) < 4.78 is 21.0. The predicted molar refractivity (Wildman–Crippen MR) is 96.9 cm³/mol. The molecular weight excluding hydrogens is 352 g/mol. The van der Waals surface area contributed by atoms with Crippen LogP contribution in [0, 0.1) is 13.8 Å². The number of esters is 1. The van der Waals surface area contributed by atoms with Gasteiger partial charge in [0, 0.05) is 12.6 Å². The molecule has 1 aromatic heterocycles. The van der Waals surface area contributed by atoms with Crippen LogP contribution in [-0.4, -0.2) is 49.2 Å². The van der Waals surface area contributed by atoms with E-state index in [-0.39, 0.29) is 12.5 Å². The normalized spacial score (nSPS) is 11.6. The van der Waals surface area contributed by atoms with Gasteiger partial charge in [-0.3, -0.25) is 4.79 Å². The summed E-state index contributed by atoms with van der Waals surface area (Å²) in [6, 6.07) is 4.14. The van der Waals surface area contributed by atoms with Crippen LogP contribution >= 0.6 is 0 Å². The third-order valence-electron chi connectivity index (χ3n) is 4.41. The van der Waals surface area contributed by atoms with Gasteiger partial charge in [-0.2, -0.15) is 0 Å². The zero-order valence-electron chi connectivity index (χ0n) is 16.4. The first kappa shape index (κ1) is 20.3. The second-order valence-electron chi connectivity index (χ2n) is 6.07. The lowest BCUT2D eigenvalue weighted by Gasteiger charge is -2.23. The first-order valence-electron chi connectivity index (χ1n) is 8.37. The number of hydrogen-bond acceptors (Lipinski definition) is 7. The molecule has 8 nitrogen and oxygen atoms in total. The molecular formula is C19H24N2O6. The zero-order valence-corrected chi connectivity index (χ0v) is 16.4. The average molecular weight is 376 g/mol. The fourth-order valence-electron chi connectivity index (χ4n) is 2.49. The van der Waals surface area contributed by atoms with E-state index >= 15 is 0 Å². The minimum atomic E-state index is -0.705. The van der Waals surface area contributed by atoms with E-state index in [9.17, 15) is 9.59 Å². The summed E-state index contributed by atoms with van der Waals surface area (Å²) >= 11 is 0. The molecule has 0 spiro atoms. The molecule has 0 aliphatic rings. The third-order valence-corrected chi connectivity index (χ3v) is 4.41. The molecule has 2 rings (SSSR count). The van der Waals surface area contributed by atoms with Crippen LogP contribution in [0.25, 0.3) is 0 Å². The molecule has 1 amide bonds. The van der Waals surface area contributed by atoms with Crippen molar-refractivity contribution >= 4 is 11.9 Å². The Morgan fingerprint density at radius 3 is 2.48 bits per heavy atom. The van der Waals surface area contributed by atoms with E-state index in [1.54, 1.807) is 25.1 Å². The van der Waals surface area contributed by atoms with Crippen LogP contribution in [0.3, 0.4) is 0 Å². The second-order valence-corrected chi connectivity index (χ2v) is 6.07. The second kappa shape index (κ2) is 8.57. The van der Waals surface area contributed by atoms with E-state index in [2.05, 4.69) is 9.89 Å². The smallest absolute Gasteiger partial charge is 0.328 e. The van der Waals surface area contributed by atoms with Gasteiger partial charge >= 0.3 is 5.97 Å². The summed E-state index contributed by atoms with van der Waals surface area (Å²) in [6.45, 7) is 5.52. The molecule has 0 radical (unpaired) electrons. The Hall–Kier alpha value is -3.03. The average Bonchev–Trinajstić information content (AvgIpc) is 3.01. The van der Waals surface area contributed by atoms with Crippen molar-refractivity contribution < 1.29 is 28.3 Å². The Morgan fingerprint density at radius 2 is 1.93 bits per heavy atom. The minimum Gasteiger partial charge on any atom is -0.493 e. The highest BCUT2D eigenvalue weighted by Gasteiger charge is 2.24. The van der Waals surface area contributed by atoms with Crippen LogP contribution in [0.15, 0.2) is 22.7 Å². The molecule has 0 aliphatic heterocycles. The highest BCUT2D eigenvalue weighted by molar-refractivity contribution is 5.97. The van der Waals surface area contributed by atoms with Crippen molar-refractivity contribution in [2.75, 3.05) is 21.3 Å². The quantitative estimate of drug-likeness (QED) is 0.686. The van der Waals surface area contributed by atoms with Crippen LogP contribution in [0.2, 0.25) is 0 Å². The van der Waals surface area contributed by atoms with Crippen molar-refractivity contribution in [3.8, 4) is 11.5 Å². The lowest BCUT2D eigenvalue weighted by atomic mass is 10.1. The van der Waals surface area contributed by atoms with Crippen molar-refractivity contribution in [1.29, 1.82) is 0 Å². The van der Waals surface area contributed by atoms with E-state index in [1.807, 2.05) is 13.8 Å². The number of likely N-dealkylation sites (N-methyl/N-ethyl adjacent to an activating group) is 1. The number of rotatable bonds is 7. The molecule has 0 bridgehead atoms. The van der Waals surface area contributed by atoms with Crippen molar-refractivity contribution in [2.45, 2.75) is 33.4 Å². The molecule has 0 aliphatic carbocycles. The summed E-state index contributed by atoms with van der Waals surface area (Å²) in [5.41, 5.74) is 2.00. The SMILES string of the molecule is COC(=O)C(C)N(C)C(=O)c1ccc(OCc2c(C)noc2C)c(OC)c1. The number of carbonyl (C=O) groups is 2. The molecule has 146 valence electrons. The number of hydrogen-bond donors (Lipinski definition) is 0. The van der Waals surface area contributed by atoms with Crippen molar-refractivity contribution in [3.05, 3.63) is 40.8 Å². The monoisotopic (exact) mass is 376 g/mol. The number of carbonyl (C=O) groups excluding carboxylic acids is 2. The molecule has 0 N–H and O–H groups in total. The molecule has 27 heavy (non-hydrogen) atoms. The topological polar surface area (TPSA) is 91.1 Å². The van der Waals surface area contributed by atoms with Gasteiger partial charge in [-0.05, 0) is 39.0 Å². The van der Waals surface area contributed by atoms with E-state index in [0.717, 1.165) is 11.3 Å². The Bertz CT molecular complexity index is 810. The number of aryl methyl sites for hydroxylation is 2. The third kappa shape index (κ3) is 4.39. The standard InChI is InChI=1S/C19H24N2O6/c1-11-15(13(3)27-20-11)10-26-16-8-7-14(9-17(16)24-5)18(22)21(4)12(2)19(23)25-6/h7-9,12H,10H2,1-6H3. The van der Waals surface area contributed by atoms with Gasteiger partial charge in [0.15, 0.2) is 11.5 Å². The van der Waals surface area contributed by atoms with Crippen molar-refractivity contribution in [1.82, 2.24) is 10.1 Å². The Labute approximate surface area is 158 Å². The van der Waals surface area contributed by atoms with Gasteiger partial charge in [0.05, 0.1) is 25.5 Å². The molecule has 1 atom stereocenters. The summed E-state index contributed by atoms with van der Waals surface area (Å²) in [6.07, 6.45) is 0. The molecule has 0 fully saturated rings. The Kier molecular flexibility index (Phi) is 6.44. The molecule has 0 saturated carbocycles. The van der Waals surface area contributed by atoms with Crippen molar-refractivity contribution in [2.24, 2.45) is 0 Å². The van der Waals surface area contributed by atoms with E-state index in [1.165, 1.54) is 26.2 Å². The summed E-state index contributed by atoms with van der Waals surface area (Å²) in [5, 5.41) is 3.89.